The third kappa shape index (κ3) is 2.11. The molecule has 1 fully saturated rings. The second kappa shape index (κ2) is 4.44. The average Bonchev–Trinajstić information content (AvgIpc) is 2.41. The smallest absolute Gasteiger partial charge is 0.239 e. The predicted octanol–water partition coefficient (Wildman–Crippen LogP) is -1.58. The molecule has 0 aliphatic carbocycles. The molecule has 1 aliphatic heterocycles. The SMILES string of the molecule is CC#CO[C@H]1O[C@H](CO)[C@@H](O)[C@@H]1O. The summed E-state index contributed by atoms with van der Waals surface area (Å²) in [5, 5.41) is 27.3. The molecule has 0 unspecified atom stereocenters. The van der Waals surface area contributed by atoms with Crippen LogP contribution in [-0.4, -0.2) is 46.5 Å². The summed E-state index contributed by atoms with van der Waals surface area (Å²) in [6, 6.07) is 0. The van der Waals surface area contributed by atoms with Crippen molar-refractivity contribution in [1.82, 2.24) is 0 Å². The highest BCUT2D eigenvalue weighted by molar-refractivity contribution is 4.91. The zero-order valence-corrected chi connectivity index (χ0v) is 7.17. The zero-order valence-electron chi connectivity index (χ0n) is 7.17. The molecule has 0 aromatic carbocycles. The molecule has 0 aromatic rings. The molecule has 0 bridgehead atoms. The molecule has 1 rings (SSSR count). The molecule has 1 aliphatic rings. The largest absolute Gasteiger partial charge is 0.411 e. The highest BCUT2D eigenvalue weighted by atomic mass is 16.7. The molecule has 74 valence electrons. The van der Waals surface area contributed by atoms with Crippen LogP contribution in [0.4, 0.5) is 0 Å². The molecular formula is C8H12O5. The molecule has 1 heterocycles. The third-order valence-electron chi connectivity index (χ3n) is 1.78. The van der Waals surface area contributed by atoms with Crippen molar-refractivity contribution in [3.8, 4) is 12.0 Å². The first kappa shape index (κ1) is 10.3. The summed E-state index contributed by atoms with van der Waals surface area (Å²) < 4.78 is 9.72. The molecule has 0 radical (unpaired) electrons. The van der Waals surface area contributed by atoms with Crippen LogP contribution in [0.2, 0.25) is 0 Å². The maximum absolute atomic E-state index is 9.31. The molecule has 0 saturated carbocycles. The second-order valence-electron chi connectivity index (χ2n) is 2.68. The lowest BCUT2D eigenvalue weighted by atomic mass is 10.1. The van der Waals surface area contributed by atoms with E-state index in [-0.39, 0.29) is 6.61 Å². The van der Waals surface area contributed by atoms with Gasteiger partial charge < -0.3 is 24.8 Å². The van der Waals surface area contributed by atoms with Gasteiger partial charge in [0.15, 0.2) is 0 Å². The van der Waals surface area contributed by atoms with E-state index in [1.165, 1.54) is 0 Å². The van der Waals surface area contributed by atoms with Crippen molar-refractivity contribution in [1.29, 1.82) is 0 Å². The van der Waals surface area contributed by atoms with Crippen molar-refractivity contribution in [2.45, 2.75) is 31.5 Å². The van der Waals surface area contributed by atoms with E-state index in [2.05, 4.69) is 12.0 Å². The zero-order chi connectivity index (χ0) is 9.84. The summed E-state index contributed by atoms with van der Waals surface area (Å²) in [6.07, 6.45) is -1.83. The van der Waals surface area contributed by atoms with Gasteiger partial charge in [-0.3, -0.25) is 0 Å². The summed E-state index contributed by atoms with van der Waals surface area (Å²) in [4.78, 5) is 0. The Kier molecular flexibility index (Phi) is 3.51. The van der Waals surface area contributed by atoms with Crippen molar-refractivity contribution in [2.75, 3.05) is 6.61 Å². The molecule has 0 spiro atoms. The summed E-state index contributed by atoms with van der Waals surface area (Å²) in [5.41, 5.74) is 0. The summed E-state index contributed by atoms with van der Waals surface area (Å²) in [5.74, 6) is 2.46. The Labute approximate surface area is 75.9 Å². The Morgan fingerprint density at radius 1 is 1.38 bits per heavy atom. The van der Waals surface area contributed by atoms with Gasteiger partial charge in [-0.15, -0.1) is 0 Å². The monoisotopic (exact) mass is 188 g/mol. The summed E-state index contributed by atoms with van der Waals surface area (Å²) in [6.45, 7) is 1.21. The van der Waals surface area contributed by atoms with Crippen LogP contribution < -0.4 is 0 Å². The minimum atomic E-state index is -1.17. The van der Waals surface area contributed by atoms with Gasteiger partial charge in [-0.05, 0) is 0 Å². The fourth-order valence-corrected chi connectivity index (χ4v) is 1.08. The molecule has 0 amide bonds. The third-order valence-corrected chi connectivity index (χ3v) is 1.78. The standard InChI is InChI=1S/C8H12O5/c1-2-3-12-8-7(11)6(10)5(4-9)13-8/h5-11H,4H2,1H3/t5-,6-,7+,8+/m1/s1. The lowest BCUT2D eigenvalue weighted by Gasteiger charge is -2.10. The van der Waals surface area contributed by atoms with Gasteiger partial charge in [0.05, 0.1) is 6.61 Å². The average molecular weight is 188 g/mol. The van der Waals surface area contributed by atoms with Crippen LogP contribution in [0, 0.1) is 12.0 Å². The van der Waals surface area contributed by atoms with E-state index >= 15 is 0 Å². The van der Waals surface area contributed by atoms with Crippen LogP contribution in [0.3, 0.4) is 0 Å². The van der Waals surface area contributed by atoms with Crippen molar-refractivity contribution in [3.05, 3.63) is 0 Å². The van der Waals surface area contributed by atoms with Gasteiger partial charge in [-0.2, -0.15) is 0 Å². The van der Waals surface area contributed by atoms with E-state index in [0.29, 0.717) is 0 Å². The lowest BCUT2D eigenvalue weighted by Crippen LogP contribution is -2.34. The number of aliphatic hydroxyl groups is 3. The van der Waals surface area contributed by atoms with Crippen LogP contribution in [0.5, 0.6) is 0 Å². The molecule has 1 saturated heterocycles. The maximum atomic E-state index is 9.31. The predicted molar refractivity (Wildman–Crippen MR) is 42.3 cm³/mol. The molecule has 5 nitrogen and oxygen atoms in total. The van der Waals surface area contributed by atoms with E-state index in [9.17, 15) is 10.2 Å². The Balaban J connectivity index is 2.53. The molecule has 0 aromatic heterocycles. The minimum Gasteiger partial charge on any atom is -0.411 e. The highest BCUT2D eigenvalue weighted by Gasteiger charge is 2.43. The molecule has 4 atom stereocenters. The van der Waals surface area contributed by atoms with Gasteiger partial charge >= 0.3 is 0 Å². The van der Waals surface area contributed by atoms with Crippen molar-refractivity contribution < 1.29 is 24.8 Å². The Bertz CT molecular complexity index is 218. The van der Waals surface area contributed by atoms with Crippen molar-refractivity contribution in [2.24, 2.45) is 0 Å². The summed E-state index contributed by atoms with van der Waals surface area (Å²) >= 11 is 0. The van der Waals surface area contributed by atoms with Gasteiger partial charge in [0.25, 0.3) is 0 Å². The number of hydrogen-bond donors (Lipinski definition) is 3. The van der Waals surface area contributed by atoms with Gasteiger partial charge in [-0.1, -0.05) is 5.92 Å². The van der Waals surface area contributed by atoms with Gasteiger partial charge in [0, 0.05) is 6.92 Å². The van der Waals surface area contributed by atoms with Crippen molar-refractivity contribution in [3.63, 3.8) is 0 Å². The molecule has 13 heavy (non-hydrogen) atoms. The van der Waals surface area contributed by atoms with Crippen LogP contribution in [0.25, 0.3) is 0 Å². The molecule has 5 heteroatoms. The first-order chi connectivity index (χ1) is 6.20. The van der Waals surface area contributed by atoms with Crippen LogP contribution in [-0.2, 0) is 9.47 Å². The molecule has 3 N–H and O–H groups in total. The van der Waals surface area contributed by atoms with Crippen molar-refractivity contribution >= 4 is 0 Å². The van der Waals surface area contributed by atoms with E-state index in [0.717, 1.165) is 0 Å². The van der Waals surface area contributed by atoms with Crippen LogP contribution in [0.15, 0.2) is 0 Å². The highest BCUT2D eigenvalue weighted by Crippen LogP contribution is 2.21. The lowest BCUT2D eigenvalue weighted by molar-refractivity contribution is -0.131. The fraction of sp³-hybridized carbons (Fsp3) is 0.750. The van der Waals surface area contributed by atoms with Crippen LogP contribution >= 0.6 is 0 Å². The quantitative estimate of drug-likeness (QED) is 0.456. The molecular weight excluding hydrogens is 176 g/mol. The van der Waals surface area contributed by atoms with Gasteiger partial charge in [0.2, 0.25) is 6.29 Å². The number of ether oxygens (including phenoxy) is 2. The number of rotatable bonds is 2. The maximum Gasteiger partial charge on any atom is 0.239 e. The summed E-state index contributed by atoms with van der Waals surface area (Å²) in [7, 11) is 0. The van der Waals surface area contributed by atoms with E-state index in [1.54, 1.807) is 6.92 Å². The minimum absolute atomic E-state index is 0.363. The van der Waals surface area contributed by atoms with Gasteiger partial charge in [0.1, 0.15) is 24.4 Å². The van der Waals surface area contributed by atoms with E-state index in [4.69, 9.17) is 14.6 Å². The van der Waals surface area contributed by atoms with Gasteiger partial charge in [-0.25, -0.2) is 0 Å². The van der Waals surface area contributed by atoms with E-state index in [1.807, 2.05) is 0 Å². The topological polar surface area (TPSA) is 79.2 Å². The fourth-order valence-electron chi connectivity index (χ4n) is 1.08. The normalized spacial score (nSPS) is 38.2. The second-order valence-corrected chi connectivity index (χ2v) is 2.68. The van der Waals surface area contributed by atoms with E-state index < -0.39 is 24.6 Å². The number of hydrogen-bond acceptors (Lipinski definition) is 5. The Morgan fingerprint density at radius 3 is 2.54 bits per heavy atom. The van der Waals surface area contributed by atoms with Crippen LogP contribution in [0.1, 0.15) is 6.92 Å². The Morgan fingerprint density at radius 2 is 2.08 bits per heavy atom. The number of aliphatic hydroxyl groups excluding tert-OH is 3. The first-order valence-corrected chi connectivity index (χ1v) is 3.90. The first-order valence-electron chi connectivity index (χ1n) is 3.90. The Hall–Kier alpha value is -0.800.